The van der Waals surface area contributed by atoms with Gasteiger partial charge in [0.2, 0.25) is 0 Å². The van der Waals surface area contributed by atoms with Crippen LogP contribution in [0.15, 0.2) is 0 Å². The molecule has 0 amide bonds. The molecule has 0 bridgehead atoms. The van der Waals surface area contributed by atoms with Crippen molar-refractivity contribution in [3.63, 3.8) is 0 Å². The highest BCUT2D eigenvalue weighted by atomic mass is 28.4. The van der Waals surface area contributed by atoms with Crippen LogP contribution >= 0.6 is 0 Å². The van der Waals surface area contributed by atoms with E-state index >= 15 is 0 Å². The van der Waals surface area contributed by atoms with Gasteiger partial charge in [-0.2, -0.15) is 0 Å². The molecule has 0 aliphatic carbocycles. The van der Waals surface area contributed by atoms with Crippen molar-refractivity contribution in [2.24, 2.45) is 17.6 Å². The van der Waals surface area contributed by atoms with Gasteiger partial charge in [-0.05, 0) is 12.3 Å². The first-order chi connectivity index (χ1) is 5.91. The van der Waals surface area contributed by atoms with Gasteiger partial charge in [-0.15, -0.1) is 0 Å². The minimum Gasteiger partial charge on any atom is -0.410 e. The van der Waals surface area contributed by atoms with Gasteiger partial charge in [0, 0.05) is 18.1 Å². The number of hydrogen-bond donors (Lipinski definition) is 3. The molecule has 0 heterocycles. The van der Waals surface area contributed by atoms with E-state index in [1.165, 1.54) is 0 Å². The highest BCUT2D eigenvalue weighted by Gasteiger charge is 2.31. The van der Waals surface area contributed by atoms with Crippen molar-refractivity contribution in [2.75, 3.05) is 6.17 Å². The zero-order valence-corrected chi connectivity index (χ0v) is 9.23. The van der Waals surface area contributed by atoms with Crippen molar-refractivity contribution in [1.82, 2.24) is 0 Å². The van der Waals surface area contributed by atoms with Crippen LogP contribution in [0, 0.1) is 11.8 Å². The predicted octanol–water partition coefficient (Wildman–Crippen LogP) is -0.228. The highest BCUT2D eigenvalue weighted by Crippen LogP contribution is 2.17. The van der Waals surface area contributed by atoms with E-state index in [0.717, 1.165) is 6.29 Å². The molecule has 0 radical (unpaired) electrons. The number of aldehydes is 1. The Bertz CT molecular complexity index is 161. The molecule has 0 aromatic rings. The van der Waals surface area contributed by atoms with Crippen molar-refractivity contribution in [1.29, 1.82) is 0 Å². The molecule has 5 heteroatoms. The number of hydrogen-bond acceptors (Lipinski definition) is 4. The molecule has 4 nitrogen and oxygen atoms in total. The van der Waals surface area contributed by atoms with Gasteiger partial charge in [0.25, 0.3) is 0 Å². The lowest BCUT2D eigenvalue weighted by atomic mass is 10.0. The lowest BCUT2D eigenvalue weighted by Gasteiger charge is -2.20. The van der Waals surface area contributed by atoms with Gasteiger partial charge in [-0.3, -0.25) is 0 Å². The van der Waals surface area contributed by atoms with Crippen LogP contribution in [0.3, 0.4) is 0 Å². The van der Waals surface area contributed by atoms with Crippen LogP contribution in [0.1, 0.15) is 20.3 Å². The van der Waals surface area contributed by atoms with E-state index in [1.54, 1.807) is 0 Å². The smallest absolute Gasteiger partial charge is 0.347 e. The Morgan fingerprint density at radius 2 is 2.00 bits per heavy atom. The van der Waals surface area contributed by atoms with Gasteiger partial charge in [0.15, 0.2) is 0 Å². The molecule has 0 aliphatic heterocycles. The Balaban J connectivity index is 4.04. The quantitative estimate of drug-likeness (QED) is 0.413. The first-order valence-electron chi connectivity index (χ1n) is 4.51. The third kappa shape index (κ3) is 5.92. The summed E-state index contributed by atoms with van der Waals surface area (Å²) in [5.41, 5.74) is 5.19. The zero-order chi connectivity index (χ0) is 10.5. The van der Waals surface area contributed by atoms with Crippen molar-refractivity contribution in [3.05, 3.63) is 0 Å². The average molecular weight is 205 g/mol. The zero-order valence-electron chi connectivity index (χ0n) is 8.23. The Morgan fingerprint density at radius 3 is 2.31 bits per heavy atom. The summed E-state index contributed by atoms with van der Waals surface area (Å²) >= 11 is 0. The fraction of sp³-hybridized carbons (Fsp3) is 0.875. The summed E-state index contributed by atoms with van der Waals surface area (Å²) in [6, 6.07) is 0.158. The minimum absolute atomic E-state index is 0.102. The van der Waals surface area contributed by atoms with Crippen molar-refractivity contribution < 1.29 is 14.4 Å². The second-order valence-corrected chi connectivity index (χ2v) is 6.70. The molecule has 0 saturated heterocycles. The number of nitrogens with two attached hydrogens (primary N) is 1. The van der Waals surface area contributed by atoms with Crippen LogP contribution in [0.2, 0.25) is 6.04 Å². The van der Waals surface area contributed by atoms with Crippen LogP contribution < -0.4 is 5.73 Å². The lowest BCUT2D eigenvalue weighted by Crippen LogP contribution is -2.45. The average Bonchev–Trinajstić information content (AvgIpc) is 2.02. The number of rotatable bonds is 6. The fourth-order valence-corrected chi connectivity index (χ4v) is 2.57. The van der Waals surface area contributed by atoms with Gasteiger partial charge < -0.3 is 20.1 Å². The van der Waals surface area contributed by atoms with Crippen LogP contribution in [0.4, 0.5) is 0 Å². The molecule has 0 aromatic carbocycles. The molecule has 0 aromatic heterocycles. The molecule has 0 fully saturated rings. The monoisotopic (exact) mass is 205 g/mol. The Kier molecular flexibility index (Phi) is 5.39. The summed E-state index contributed by atoms with van der Waals surface area (Å²) in [6.45, 7) is 3.99. The molecule has 0 aliphatic rings. The molecule has 1 atom stereocenters. The van der Waals surface area contributed by atoms with E-state index in [9.17, 15) is 14.4 Å². The fourth-order valence-electron chi connectivity index (χ4n) is 1.30. The molecule has 0 rings (SSSR count). The SMILES string of the molecule is CC(C)C[C@@H](C=O)C[Si](O)(O)CN. The van der Waals surface area contributed by atoms with E-state index in [-0.39, 0.29) is 18.1 Å². The van der Waals surface area contributed by atoms with Crippen LogP contribution in [-0.2, 0) is 4.79 Å². The molecule has 0 saturated carbocycles. The first kappa shape index (κ1) is 12.8. The van der Waals surface area contributed by atoms with E-state index < -0.39 is 8.56 Å². The Morgan fingerprint density at radius 1 is 1.46 bits per heavy atom. The van der Waals surface area contributed by atoms with Gasteiger partial charge in [-0.1, -0.05) is 13.8 Å². The summed E-state index contributed by atoms with van der Waals surface area (Å²) in [5.74, 6) is 0.128. The molecule has 0 unspecified atom stereocenters. The maximum absolute atomic E-state index is 10.6. The second kappa shape index (κ2) is 5.49. The summed E-state index contributed by atoms with van der Waals surface area (Å²) in [4.78, 5) is 29.3. The van der Waals surface area contributed by atoms with Crippen molar-refractivity contribution >= 4 is 14.8 Å². The first-order valence-corrected chi connectivity index (χ1v) is 6.82. The predicted molar refractivity (Wildman–Crippen MR) is 53.1 cm³/mol. The van der Waals surface area contributed by atoms with Crippen LogP contribution in [0.5, 0.6) is 0 Å². The van der Waals surface area contributed by atoms with Crippen LogP contribution in [0.25, 0.3) is 0 Å². The minimum atomic E-state index is -3.28. The number of carbonyl (C=O) groups is 1. The second-order valence-electron chi connectivity index (χ2n) is 3.92. The molecule has 0 spiro atoms. The van der Waals surface area contributed by atoms with Gasteiger partial charge >= 0.3 is 8.56 Å². The summed E-state index contributed by atoms with van der Waals surface area (Å²) < 4.78 is 0. The molecule has 78 valence electrons. The topological polar surface area (TPSA) is 83.5 Å². The van der Waals surface area contributed by atoms with E-state index in [2.05, 4.69) is 0 Å². The van der Waals surface area contributed by atoms with Crippen LogP contribution in [-0.4, -0.2) is 30.6 Å². The normalized spacial score (nSPS) is 14.6. The molecule has 4 N–H and O–H groups in total. The van der Waals surface area contributed by atoms with Crippen molar-refractivity contribution in [3.8, 4) is 0 Å². The molecular formula is C8H19NO3Si. The number of carbonyl (C=O) groups excluding carboxylic acids is 1. The maximum Gasteiger partial charge on any atom is 0.347 e. The molecule has 13 heavy (non-hydrogen) atoms. The van der Waals surface area contributed by atoms with Gasteiger partial charge in [-0.25, -0.2) is 0 Å². The third-order valence-electron chi connectivity index (χ3n) is 1.88. The summed E-state index contributed by atoms with van der Waals surface area (Å²) in [5, 5.41) is 0. The van der Waals surface area contributed by atoms with E-state index in [0.29, 0.717) is 12.3 Å². The highest BCUT2D eigenvalue weighted by molar-refractivity contribution is 6.65. The summed E-state index contributed by atoms with van der Waals surface area (Å²) in [6.07, 6.45) is 1.39. The van der Waals surface area contributed by atoms with E-state index in [1.807, 2.05) is 13.8 Å². The lowest BCUT2D eigenvalue weighted by molar-refractivity contribution is -0.111. The largest absolute Gasteiger partial charge is 0.410 e. The standard InChI is InChI=1S/C8H19NO3Si/c1-7(2)3-8(4-10)5-13(11,12)6-9/h4,7-8,11-12H,3,5-6,9H2,1-2H3/t8-/m0/s1. The Labute approximate surface area is 80.0 Å². The van der Waals surface area contributed by atoms with E-state index in [4.69, 9.17) is 5.73 Å². The van der Waals surface area contributed by atoms with Gasteiger partial charge in [0.05, 0.1) is 0 Å². The Hall–Kier alpha value is -0.233. The third-order valence-corrected chi connectivity index (χ3v) is 3.71. The maximum atomic E-state index is 10.6. The van der Waals surface area contributed by atoms with Crippen molar-refractivity contribution in [2.45, 2.75) is 26.3 Å². The summed E-state index contributed by atoms with van der Waals surface area (Å²) in [7, 11) is -3.28. The van der Waals surface area contributed by atoms with Gasteiger partial charge in [0.1, 0.15) is 6.29 Å². The molecular weight excluding hydrogens is 186 g/mol.